The third-order valence-electron chi connectivity index (χ3n) is 4.23. The number of anilines is 1. The lowest BCUT2D eigenvalue weighted by Crippen LogP contribution is -2.31. The smallest absolute Gasteiger partial charge is 0.267 e. The van der Waals surface area contributed by atoms with Crippen molar-refractivity contribution in [1.82, 2.24) is 9.47 Å². The van der Waals surface area contributed by atoms with Crippen molar-refractivity contribution in [2.24, 2.45) is 0 Å². The summed E-state index contributed by atoms with van der Waals surface area (Å²) in [6.45, 7) is 3.66. The standard InChI is InChI=1S/C17H21N3OS2/c1-12-6-8-13(9-7-12)20-15(18)14(23-17(20)22)16(21)19-10-4-2-3-5-11-19/h6-9H,2-5,10-11,18H2,1H3. The van der Waals surface area contributed by atoms with Crippen molar-refractivity contribution in [3.05, 3.63) is 38.7 Å². The van der Waals surface area contributed by atoms with E-state index in [-0.39, 0.29) is 5.91 Å². The van der Waals surface area contributed by atoms with Crippen molar-refractivity contribution < 1.29 is 4.79 Å². The molecule has 3 rings (SSSR count). The maximum Gasteiger partial charge on any atom is 0.267 e. The van der Waals surface area contributed by atoms with Gasteiger partial charge in [0, 0.05) is 18.8 Å². The summed E-state index contributed by atoms with van der Waals surface area (Å²) in [6.07, 6.45) is 4.52. The molecule has 0 bridgehead atoms. The highest BCUT2D eigenvalue weighted by molar-refractivity contribution is 7.73. The molecule has 2 N–H and O–H groups in total. The van der Waals surface area contributed by atoms with Crippen molar-refractivity contribution in [1.29, 1.82) is 0 Å². The van der Waals surface area contributed by atoms with Gasteiger partial charge in [-0.05, 0) is 44.1 Å². The summed E-state index contributed by atoms with van der Waals surface area (Å²) in [4.78, 5) is 15.3. The lowest BCUT2D eigenvalue weighted by Gasteiger charge is -2.19. The molecule has 1 aliphatic heterocycles. The number of carbonyl (C=O) groups is 1. The van der Waals surface area contributed by atoms with Gasteiger partial charge >= 0.3 is 0 Å². The van der Waals surface area contributed by atoms with Gasteiger partial charge in [0.05, 0.1) is 0 Å². The van der Waals surface area contributed by atoms with Crippen LogP contribution in [-0.4, -0.2) is 28.5 Å². The molecular weight excluding hydrogens is 326 g/mol. The number of likely N-dealkylation sites (tertiary alicyclic amines) is 1. The molecule has 1 aliphatic rings. The van der Waals surface area contributed by atoms with Crippen LogP contribution in [0.2, 0.25) is 0 Å². The molecule has 1 fully saturated rings. The van der Waals surface area contributed by atoms with E-state index in [1.54, 1.807) is 4.57 Å². The number of nitrogens with zero attached hydrogens (tertiary/aromatic N) is 2. The van der Waals surface area contributed by atoms with Crippen LogP contribution in [-0.2, 0) is 0 Å². The van der Waals surface area contributed by atoms with Gasteiger partial charge in [0.1, 0.15) is 10.7 Å². The van der Waals surface area contributed by atoms with Crippen LogP contribution >= 0.6 is 23.6 Å². The quantitative estimate of drug-likeness (QED) is 0.829. The molecule has 0 radical (unpaired) electrons. The summed E-state index contributed by atoms with van der Waals surface area (Å²) in [5, 5.41) is 0. The lowest BCUT2D eigenvalue weighted by molar-refractivity contribution is 0.0767. The zero-order valence-electron chi connectivity index (χ0n) is 13.2. The van der Waals surface area contributed by atoms with Crippen LogP contribution in [0.25, 0.3) is 5.69 Å². The first-order valence-electron chi connectivity index (χ1n) is 7.95. The highest BCUT2D eigenvalue weighted by Gasteiger charge is 2.23. The van der Waals surface area contributed by atoms with Gasteiger partial charge in [-0.25, -0.2) is 0 Å². The minimum atomic E-state index is 0.0198. The zero-order valence-corrected chi connectivity index (χ0v) is 14.9. The Morgan fingerprint density at radius 1 is 1.13 bits per heavy atom. The summed E-state index contributed by atoms with van der Waals surface area (Å²) in [5.41, 5.74) is 8.36. The SMILES string of the molecule is Cc1ccc(-n2c(N)c(C(=O)N3CCCCCC3)sc2=S)cc1. The van der Waals surface area contributed by atoms with E-state index < -0.39 is 0 Å². The number of aryl methyl sites for hydroxylation is 1. The number of hydrogen-bond donors (Lipinski definition) is 1. The Morgan fingerprint density at radius 2 is 1.74 bits per heavy atom. The van der Waals surface area contributed by atoms with Crippen molar-refractivity contribution in [2.45, 2.75) is 32.6 Å². The number of carbonyl (C=O) groups excluding carboxylic acids is 1. The van der Waals surface area contributed by atoms with E-state index in [0.717, 1.165) is 31.6 Å². The number of aromatic nitrogens is 1. The molecule has 4 nitrogen and oxygen atoms in total. The predicted molar refractivity (Wildman–Crippen MR) is 98.0 cm³/mol. The van der Waals surface area contributed by atoms with Crippen LogP contribution in [0.15, 0.2) is 24.3 Å². The fraction of sp³-hybridized carbons (Fsp3) is 0.412. The fourth-order valence-corrected chi connectivity index (χ4v) is 4.23. The monoisotopic (exact) mass is 347 g/mol. The van der Waals surface area contributed by atoms with E-state index in [0.29, 0.717) is 14.6 Å². The van der Waals surface area contributed by atoms with Gasteiger partial charge in [-0.3, -0.25) is 9.36 Å². The van der Waals surface area contributed by atoms with Gasteiger partial charge in [-0.1, -0.05) is 41.9 Å². The molecule has 1 saturated heterocycles. The van der Waals surface area contributed by atoms with E-state index in [9.17, 15) is 4.79 Å². The summed E-state index contributed by atoms with van der Waals surface area (Å²) in [7, 11) is 0. The average molecular weight is 348 g/mol. The van der Waals surface area contributed by atoms with E-state index in [2.05, 4.69) is 0 Å². The Hall–Kier alpha value is -1.66. The third-order valence-corrected chi connectivity index (χ3v) is 5.60. The molecular formula is C17H21N3OS2. The zero-order chi connectivity index (χ0) is 16.4. The normalized spacial score (nSPS) is 15.4. The third kappa shape index (κ3) is 3.33. The Labute approximate surface area is 145 Å². The van der Waals surface area contributed by atoms with Gasteiger partial charge in [0.25, 0.3) is 5.91 Å². The van der Waals surface area contributed by atoms with Crippen LogP contribution in [0.3, 0.4) is 0 Å². The van der Waals surface area contributed by atoms with E-state index in [1.807, 2.05) is 36.1 Å². The second kappa shape index (κ2) is 6.84. The molecule has 122 valence electrons. The topological polar surface area (TPSA) is 51.3 Å². The summed E-state index contributed by atoms with van der Waals surface area (Å²) >= 11 is 6.76. The van der Waals surface area contributed by atoms with Gasteiger partial charge < -0.3 is 10.6 Å². The van der Waals surface area contributed by atoms with Crippen molar-refractivity contribution in [2.75, 3.05) is 18.8 Å². The molecule has 0 atom stereocenters. The molecule has 1 amide bonds. The number of hydrogen-bond acceptors (Lipinski definition) is 4. The molecule has 6 heteroatoms. The van der Waals surface area contributed by atoms with Crippen molar-refractivity contribution in [3.8, 4) is 5.69 Å². The maximum absolute atomic E-state index is 12.8. The molecule has 2 heterocycles. The number of benzene rings is 1. The fourth-order valence-electron chi connectivity index (χ4n) is 2.89. The van der Waals surface area contributed by atoms with Crippen LogP contribution in [0.5, 0.6) is 0 Å². The average Bonchev–Trinajstić information content (AvgIpc) is 2.74. The van der Waals surface area contributed by atoms with E-state index in [1.165, 1.54) is 29.7 Å². The Morgan fingerprint density at radius 3 is 2.35 bits per heavy atom. The molecule has 0 aliphatic carbocycles. The highest BCUT2D eigenvalue weighted by Crippen LogP contribution is 2.28. The second-order valence-electron chi connectivity index (χ2n) is 5.96. The number of nitrogens with two attached hydrogens (primary N) is 1. The molecule has 0 saturated carbocycles. The van der Waals surface area contributed by atoms with Gasteiger partial charge in [-0.2, -0.15) is 0 Å². The minimum absolute atomic E-state index is 0.0198. The number of amides is 1. The number of thiazole rings is 1. The lowest BCUT2D eigenvalue weighted by atomic mass is 10.2. The summed E-state index contributed by atoms with van der Waals surface area (Å²) in [5.74, 6) is 0.476. The number of nitrogen functional groups attached to an aromatic ring is 1. The van der Waals surface area contributed by atoms with Gasteiger partial charge in [0.2, 0.25) is 0 Å². The minimum Gasteiger partial charge on any atom is -0.383 e. The van der Waals surface area contributed by atoms with Crippen LogP contribution in [0, 0.1) is 10.9 Å². The first kappa shape index (κ1) is 16.2. The Balaban J connectivity index is 1.95. The van der Waals surface area contributed by atoms with Crippen molar-refractivity contribution in [3.63, 3.8) is 0 Å². The number of rotatable bonds is 2. The molecule has 1 aromatic carbocycles. The van der Waals surface area contributed by atoms with Gasteiger partial charge in [-0.15, -0.1) is 0 Å². The maximum atomic E-state index is 12.8. The van der Waals surface area contributed by atoms with Gasteiger partial charge in [0.15, 0.2) is 3.95 Å². The highest BCUT2D eigenvalue weighted by atomic mass is 32.1. The summed E-state index contributed by atoms with van der Waals surface area (Å²) < 4.78 is 2.41. The second-order valence-corrected chi connectivity index (χ2v) is 7.60. The van der Waals surface area contributed by atoms with Crippen LogP contribution in [0.4, 0.5) is 5.82 Å². The molecule has 0 unspecified atom stereocenters. The van der Waals surface area contributed by atoms with Crippen LogP contribution in [0.1, 0.15) is 40.9 Å². The first-order valence-corrected chi connectivity index (χ1v) is 9.18. The molecule has 23 heavy (non-hydrogen) atoms. The molecule has 2 aromatic rings. The largest absolute Gasteiger partial charge is 0.383 e. The Kier molecular flexibility index (Phi) is 4.82. The predicted octanol–water partition coefficient (Wildman–Crippen LogP) is 4.18. The first-order chi connectivity index (χ1) is 11.1. The van der Waals surface area contributed by atoms with E-state index in [4.69, 9.17) is 18.0 Å². The van der Waals surface area contributed by atoms with Crippen molar-refractivity contribution >= 4 is 35.3 Å². The Bertz CT molecular complexity index is 753. The molecule has 0 spiro atoms. The summed E-state index contributed by atoms with van der Waals surface area (Å²) in [6, 6.07) is 8.00. The molecule has 1 aromatic heterocycles. The van der Waals surface area contributed by atoms with Crippen LogP contribution < -0.4 is 5.73 Å². The van der Waals surface area contributed by atoms with E-state index >= 15 is 0 Å².